The van der Waals surface area contributed by atoms with Crippen LogP contribution < -0.4 is 5.56 Å². The average molecular weight is 435 g/mol. The lowest BCUT2D eigenvalue weighted by atomic mass is 10.1. The maximum Gasteiger partial charge on any atom is 0.272 e. The van der Waals surface area contributed by atoms with Crippen molar-refractivity contribution in [2.24, 2.45) is 5.92 Å². The van der Waals surface area contributed by atoms with Crippen molar-refractivity contribution in [3.63, 3.8) is 0 Å². The van der Waals surface area contributed by atoms with Crippen molar-refractivity contribution < 1.29 is 0 Å². The van der Waals surface area contributed by atoms with Gasteiger partial charge in [-0.05, 0) is 36.1 Å². The molecule has 31 heavy (non-hydrogen) atoms. The summed E-state index contributed by atoms with van der Waals surface area (Å²) < 4.78 is 1.49. The number of benzene rings is 2. The maximum absolute atomic E-state index is 12.7. The molecule has 0 fully saturated rings. The summed E-state index contributed by atoms with van der Waals surface area (Å²) in [6.45, 7) is 8.88. The second-order valence-electron chi connectivity index (χ2n) is 8.51. The van der Waals surface area contributed by atoms with Gasteiger partial charge in [0.05, 0.1) is 11.4 Å². The highest BCUT2D eigenvalue weighted by molar-refractivity contribution is 6.30. The summed E-state index contributed by atoms with van der Waals surface area (Å²) in [4.78, 5) is 19.9. The maximum atomic E-state index is 12.7. The van der Waals surface area contributed by atoms with E-state index in [-0.39, 0.29) is 5.56 Å². The van der Waals surface area contributed by atoms with Crippen LogP contribution in [0.15, 0.2) is 65.5 Å². The Morgan fingerprint density at radius 3 is 2.42 bits per heavy atom. The average Bonchev–Trinajstić information content (AvgIpc) is 3.14. The number of H-pyrrole nitrogens is 1. The molecule has 0 aliphatic carbocycles. The summed E-state index contributed by atoms with van der Waals surface area (Å²) in [5.41, 5.74) is 5.58. The second-order valence-corrected chi connectivity index (χ2v) is 8.94. The molecule has 0 aliphatic rings. The predicted molar refractivity (Wildman–Crippen MR) is 126 cm³/mol. The molecule has 4 aromatic rings. The molecule has 0 saturated heterocycles. The first-order valence-electron chi connectivity index (χ1n) is 10.5. The highest BCUT2D eigenvalue weighted by Gasteiger charge is 2.13. The van der Waals surface area contributed by atoms with Gasteiger partial charge in [-0.1, -0.05) is 67.4 Å². The molecule has 2 heterocycles. The van der Waals surface area contributed by atoms with Crippen LogP contribution in [0, 0.1) is 12.8 Å². The van der Waals surface area contributed by atoms with Crippen LogP contribution in [0.5, 0.6) is 0 Å². The number of nitrogens with zero attached hydrogens (tertiary/aromatic N) is 3. The van der Waals surface area contributed by atoms with Crippen molar-refractivity contribution >= 4 is 17.2 Å². The van der Waals surface area contributed by atoms with E-state index in [4.69, 9.17) is 16.6 Å². The molecule has 6 heteroatoms. The Balaban J connectivity index is 1.61. The Labute approximate surface area is 187 Å². The molecule has 1 N–H and O–H groups in total. The van der Waals surface area contributed by atoms with Gasteiger partial charge in [0.25, 0.3) is 5.56 Å². The Morgan fingerprint density at radius 1 is 1.03 bits per heavy atom. The third-order valence-electron chi connectivity index (χ3n) is 5.19. The first-order valence-corrected chi connectivity index (χ1v) is 10.9. The van der Waals surface area contributed by atoms with Gasteiger partial charge in [0.1, 0.15) is 0 Å². The molecular weight excluding hydrogens is 408 g/mol. The van der Waals surface area contributed by atoms with Crippen molar-refractivity contribution in [3.8, 4) is 11.3 Å². The highest BCUT2D eigenvalue weighted by atomic mass is 35.5. The third-order valence-corrected chi connectivity index (χ3v) is 5.45. The molecule has 0 aliphatic heterocycles. The minimum atomic E-state index is -0.111. The molecule has 2 aromatic heterocycles. The molecule has 0 amide bonds. The number of hydrogen-bond donors (Lipinski definition) is 1. The van der Waals surface area contributed by atoms with Crippen molar-refractivity contribution in [1.29, 1.82) is 0 Å². The number of nitrogens with one attached hydrogen (secondary N) is 1. The summed E-state index contributed by atoms with van der Waals surface area (Å²) in [6.07, 6.45) is 0. The number of halogens is 1. The molecular formula is C25H27ClN4O. The van der Waals surface area contributed by atoms with Gasteiger partial charge in [-0.3, -0.25) is 14.8 Å². The van der Waals surface area contributed by atoms with Gasteiger partial charge in [-0.25, -0.2) is 9.50 Å². The van der Waals surface area contributed by atoms with Gasteiger partial charge in [0.2, 0.25) is 0 Å². The van der Waals surface area contributed by atoms with E-state index in [1.807, 2.05) is 30.3 Å². The van der Waals surface area contributed by atoms with E-state index in [0.29, 0.717) is 23.1 Å². The Bertz CT molecular complexity index is 1220. The Morgan fingerprint density at radius 2 is 1.74 bits per heavy atom. The van der Waals surface area contributed by atoms with Crippen LogP contribution in [-0.4, -0.2) is 26.0 Å². The lowest BCUT2D eigenvalue weighted by Gasteiger charge is -2.24. The zero-order valence-corrected chi connectivity index (χ0v) is 18.9. The summed E-state index contributed by atoms with van der Waals surface area (Å²) in [6, 6.07) is 19.6. The first kappa shape index (κ1) is 21.3. The van der Waals surface area contributed by atoms with E-state index in [0.717, 1.165) is 30.0 Å². The SMILES string of the molecule is Cc1ccc(CN(Cc2cc(=O)n3[nH]c(-c4ccc(Cl)cc4)cc3n2)CC(C)C)cc1. The second kappa shape index (κ2) is 9.08. The van der Waals surface area contributed by atoms with Crippen LogP contribution in [-0.2, 0) is 13.1 Å². The summed E-state index contributed by atoms with van der Waals surface area (Å²) in [7, 11) is 0. The van der Waals surface area contributed by atoms with E-state index >= 15 is 0 Å². The number of hydrogen-bond acceptors (Lipinski definition) is 3. The topological polar surface area (TPSA) is 53.4 Å². The number of aryl methyl sites for hydroxylation is 1. The van der Waals surface area contributed by atoms with Gasteiger partial charge < -0.3 is 0 Å². The zero-order valence-electron chi connectivity index (χ0n) is 18.1. The fraction of sp³-hybridized carbons (Fsp3) is 0.280. The summed E-state index contributed by atoms with van der Waals surface area (Å²) in [5.74, 6) is 0.513. The number of aromatic amines is 1. The van der Waals surface area contributed by atoms with E-state index in [2.05, 4.69) is 55.0 Å². The number of fused-ring (bicyclic) bond motifs is 1. The molecule has 0 unspecified atom stereocenters. The lowest BCUT2D eigenvalue weighted by molar-refractivity contribution is 0.225. The van der Waals surface area contributed by atoms with Gasteiger partial charge in [0, 0.05) is 36.8 Å². The van der Waals surface area contributed by atoms with E-state index in [1.165, 1.54) is 15.6 Å². The minimum Gasteiger partial charge on any atom is -0.293 e. The molecule has 2 aromatic carbocycles. The van der Waals surface area contributed by atoms with Crippen LogP contribution in [0.3, 0.4) is 0 Å². The molecule has 0 radical (unpaired) electrons. The largest absolute Gasteiger partial charge is 0.293 e. The highest BCUT2D eigenvalue weighted by Crippen LogP contribution is 2.21. The Kier molecular flexibility index (Phi) is 6.25. The smallest absolute Gasteiger partial charge is 0.272 e. The van der Waals surface area contributed by atoms with Crippen molar-refractivity contribution in [1.82, 2.24) is 19.5 Å². The van der Waals surface area contributed by atoms with Crippen molar-refractivity contribution in [3.05, 3.63) is 92.9 Å². The molecule has 0 atom stereocenters. The summed E-state index contributed by atoms with van der Waals surface area (Å²) in [5, 5.41) is 3.82. The fourth-order valence-electron chi connectivity index (χ4n) is 3.78. The Hall–Kier alpha value is -2.89. The fourth-order valence-corrected chi connectivity index (χ4v) is 3.91. The van der Waals surface area contributed by atoms with Crippen LogP contribution in [0.25, 0.3) is 16.9 Å². The van der Waals surface area contributed by atoms with Gasteiger partial charge >= 0.3 is 0 Å². The first-order chi connectivity index (χ1) is 14.9. The summed E-state index contributed by atoms with van der Waals surface area (Å²) >= 11 is 5.99. The molecule has 0 bridgehead atoms. The zero-order chi connectivity index (χ0) is 22.0. The third kappa shape index (κ3) is 5.24. The molecule has 0 spiro atoms. The molecule has 160 valence electrons. The van der Waals surface area contributed by atoms with E-state index in [1.54, 1.807) is 6.07 Å². The van der Waals surface area contributed by atoms with Crippen LogP contribution in [0.1, 0.15) is 30.7 Å². The standard InChI is InChI=1S/C25H27ClN4O/c1-17(2)14-29(15-19-6-4-18(3)5-7-19)16-22-12-25(31)30-24(27-22)13-23(28-30)20-8-10-21(26)11-9-20/h4-13,17,28H,14-16H2,1-3H3. The number of rotatable bonds is 7. The van der Waals surface area contributed by atoms with Gasteiger partial charge in [-0.2, -0.15) is 0 Å². The quantitative estimate of drug-likeness (QED) is 0.429. The lowest BCUT2D eigenvalue weighted by Crippen LogP contribution is -2.28. The predicted octanol–water partition coefficient (Wildman–Crippen LogP) is 5.31. The van der Waals surface area contributed by atoms with E-state index in [9.17, 15) is 4.79 Å². The van der Waals surface area contributed by atoms with Crippen LogP contribution in [0.2, 0.25) is 5.02 Å². The van der Waals surface area contributed by atoms with Gasteiger partial charge in [0.15, 0.2) is 5.65 Å². The normalized spacial score (nSPS) is 11.7. The van der Waals surface area contributed by atoms with Crippen LogP contribution in [0.4, 0.5) is 0 Å². The molecule has 4 rings (SSSR count). The molecule has 0 saturated carbocycles. The van der Waals surface area contributed by atoms with Crippen LogP contribution >= 0.6 is 11.6 Å². The van der Waals surface area contributed by atoms with E-state index < -0.39 is 0 Å². The number of aromatic nitrogens is 3. The molecule has 5 nitrogen and oxygen atoms in total. The monoisotopic (exact) mass is 434 g/mol. The van der Waals surface area contributed by atoms with Gasteiger partial charge in [-0.15, -0.1) is 0 Å². The minimum absolute atomic E-state index is 0.111. The van der Waals surface area contributed by atoms with Crippen molar-refractivity contribution in [2.75, 3.05) is 6.54 Å². The van der Waals surface area contributed by atoms with Crippen molar-refractivity contribution in [2.45, 2.75) is 33.9 Å².